The lowest BCUT2D eigenvalue weighted by molar-refractivity contribution is -0.141. The molecule has 0 radical (unpaired) electrons. The molecule has 1 rings (SSSR count). The number of nitrogens with one attached hydrogen (secondary N) is 1. The average molecular weight is 194 g/mol. The van der Waals surface area contributed by atoms with Gasteiger partial charge >= 0.3 is 6.18 Å². The van der Waals surface area contributed by atoms with Crippen LogP contribution < -0.4 is 11.3 Å². The van der Waals surface area contributed by atoms with Gasteiger partial charge < -0.3 is 15.8 Å². The molecule has 0 aliphatic rings. The number of nitrogens with two attached hydrogens (primary N) is 1. The molecular formula is C6H5F3N2O2. The molecule has 0 bridgehead atoms. The predicted octanol–water partition coefficient (Wildman–Crippen LogP) is 0.681. The van der Waals surface area contributed by atoms with Gasteiger partial charge in [0.15, 0.2) is 0 Å². The molecular weight excluding hydrogens is 189 g/mol. The van der Waals surface area contributed by atoms with E-state index >= 15 is 0 Å². The van der Waals surface area contributed by atoms with Gasteiger partial charge in [-0.1, -0.05) is 0 Å². The van der Waals surface area contributed by atoms with E-state index in [1.54, 1.807) is 0 Å². The number of alkyl halides is 3. The molecule has 0 saturated carbocycles. The number of anilines is 1. The highest BCUT2D eigenvalue weighted by Crippen LogP contribution is 2.29. The largest absolute Gasteiger partial charge is 0.506 e. The SMILES string of the molecule is Nc1c(O)cc(C(F)(F)F)[nH]c1=O. The van der Waals surface area contributed by atoms with E-state index in [-0.39, 0.29) is 0 Å². The number of rotatable bonds is 0. The van der Waals surface area contributed by atoms with E-state index in [4.69, 9.17) is 10.8 Å². The molecule has 0 amide bonds. The van der Waals surface area contributed by atoms with Gasteiger partial charge in [0.05, 0.1) is 0 Å². The summed E-state index contributed by atoms with van der Waals surface area (Å²) in [5, 5.41) is 8.80. The molecule has 0 atom stereocenters. The Morgan fingerprint density at radius 1 is 1.46 bits per heavy atom. The zero-order chi connectivity index (χ0) is 10.2. The van der Waals surface area contributed by atoms with E-state index < -0.39 is 28.9 Å². The lowest BCUT2D eigenvalue weighted by Crippen LogP contribution is -2.18. The summed E-state index contributed by atoms with van der Waals surface area (Å²) in [7, 11) is 0. The number of aromatic amines is 1. The first kappa shape index (κ1) is 9.43. The van der Waals surface area contributed by atoms with E-state index in [1.165, 1.54) is 4.98 Å². The van der Waals surface area contributed by atoms with Gasteiger partial charge in [0.2, 0.25) is 0 Å². The lowest BCUT2D eigenvalue weighted by atomic mass is 10.3. The lowest BCUT2D eigenvalue weighted by Gasteiger charge is -2.06. The van der Waals surface area contributed by atoms with Crippen molar-refractivity contribution in [1.29, 1.82) is 0 Å². The monoisotopic (exact) mass is 194 g/mol. The Morgan fingerprint density at radius 3 is 2.38 bits per heavy atom. The summed E-state index contributed by atoms with van der Waals surface area (Å²) in [6.45, 7) is 0. The Hall–Kier alpha value is -1.66. The van der Waals surface area contributed by atoms with E-state index in [0.717, 1.165) is 0 Å². The predicted molar refractivity (Wildman–Crippen MR) is 38.1 cm³/mol. The maximum Gasteiger partial charge on any atom is 0.431 e. The van der Waals surface area contributed by atoms with Crippen LogP contribution in [0.25, 0.3) is 0 Å². The summed E-state index contributed by atoms with van der Waals surface area (Å²) in [5.41, 5.74) is 1.81. The van der Waals surface area contributed by atoms with Crippen molar-refractivity contribution < 1.29 is 18.3 Å². The van der Waals surface area contributed by atoms with Crippen LogP contribution in [-0.2, 0) is 6.18 Å². The van der Waals surface area contributed by atoms with Crippen LogP contribution in [0.15, 0.2) is 10.9 Å². The fourth-order valence-electron chi connectivity index (χ4n) is 0.709. The number of pyridine rings is 1. The van der Waals surface area contributed by atoms with Crippen molar-refractivity contribution in [3.05, 3.63) is 22.1 Å². The fraction of sp³-hybridized carbons (Fsp3) is 0.167. The third-order valence-corrected chi connectivity index (χ3v) is 1.36. The second-order valence-electron chi connectivity index (χ2n) is 2.31. The van der Waals surface area contributed by atoms with Crippen LogP contribution in [0.2, 0.25) is 0 Å². The minimum Gasteiger partial charge on any atom is -0.506 e. The van der Waals surface area contributed by atoms with Crippen molar-refractivity contribution in [2.75, 3.05) is 5.73 Å². The van der Waals surface area contributed by atoms with Gasteiger partial charge in [-0.15, -0.1) is 0 Å². The van der Waals surface area contributed by atoms with Crippen LogP contribution in [-0.4, -0.2) is 10.1 Å². The van der Waals surface area contributed by atoms with E-state index in [0.29, 0.717) is 6.07 Å². The third kappa shape index (κ3) is 1.74. The summed E-state index contributed by atoms with van der Waals surface area (Å²) in [6.07, 6.45) is -4.70. The van der Waals surface area contributed by atoms with Gasteiger partial charge in [0.1, 0.15) is 17.1 Å². The van der Waals surface area contributed by atoms with Crippen molar-refractivity contribution in [3.63, 3.8) is 0 Å². The van der Waals surface area contributed by atoms with Crippen LogP contribution >= 0.6 is 0 Å². The van der Waals surface area contributed by atoms with Gasteiger partial charge in [-0.3, -0.25) is 4.79 Å². The zero-order valence-electron chi connectivity index (χ0n) is 6.14. The van der Waals surface area contributed by atoms with Crippen molar-refractivity contribution >= 4 is 5.69 Å². The summed E-state index contributed by atoms with van der Waals surface area (Å²) >= 11 is 0. The highest BCUT2D eigenvalue weighted by molar-refractivity contribution is 5.50. The molecule has 1 aromatic heterocycles. The van der Waals surface area contributed by atoms with Crippen molar-refractivity contribution in [2.45, 2.75) is 6.18 Å². The first-order chi connectivity index (χ1) is 5.82. The first-order valence-corrected chi connectivity index (χ1v) is 3.11. The highest BCUT2D eigenvalue weighted by Gasteiger charge is 2.32. The van der Waals surface area contributed by atoms with Crippen LogP contribution in [0.1, 0.15) is 5.69 Å². The minimum atomic E-state index is -4.70. The van der Waals surface area contributed by atoms with Gasteiger partial charge in [0, 0.05) is 6.07 Å². The quantitative estimate of drug-likeness (QED) is 0.568. The van der Waals surface area contributed by atoms with Gasteiger partial charge in [-0.05, 0) is 0 Å². The van der Waals surface area contributed by atoms with Crippen LogP contribution in [0.3, 0.4) is 0 Å². The average Bonchev–Trinajstić information content (AvgIpc) is 1.97. The number of aromatic hydroxyl groups is 1. The molecule has 0 aliphatic carbocycles. The number of hydrogen-bond acceptors (Lipinski definition) is 3. The number of nitrogen functional groups attached to an aromatic ring is 1. The topological polar surface area (TPSA) is 79.1 Å². The minimum absolute atomic E-state index is 0.358. The number of H-pyrrole nitrogens is 1. The van der Waals surface area contributed by atoms with Crippen molar-refractivity contribution in [3.8, 4) is 5.75 Å². The maximum absolute atomic E-state index is 12.0. The number of aromatic nitrogens is 1. The van der Waals surface area contributed by atoms with E-state index in [1.807, 2.05) is 0 Å². The maximum atomic E-state index is 12.0. The van der Waals surface area contributed by atoms with Gasteiger partial charge in [-0.25, -0.2) is 0 Å². The second-order valence-corrected chi connectivity index (χ2v) is 2.31. The molecule has 13 heavy (non-hydrogen) atoms. The van der Waals surface area contributed by atoms with E-state index in [2.05, 4.69) is 0 Å². The molecule has 4 N–H and O–H groups in total. The third-order valence-electron chi connectivity index (χ3n) is 1.36. The molecule has 0 spiro atoms. The highest BCUT2D eigenvalue weighted by atomic mass is 19.4. The Balaban J connectivity index is 3.38. The summed E-state index contributed by atoms with van der Waals surface area (Å²) in [4.78, 5) is 12.2. The Bertz CT molecular complexity index is 382. The molecule has 1 aromatic rings. The van der Waals surface area contributed by atoms with E-state index in [9.17, 15) is 18.0 Å². The molecule has 4 nitrogen and oxygen atoms in total. The Morgan fingerprint density at radius 2 is 2.00 bits per heavy atom. The van der Waals surface area contributed by atoms with Crippen LogP contribution in [0, 0.1) is 0 Å². The molecule has 0 fully saturated rings. The van der Waals surface area contributed by atoms with Gasteiger partial charge in [-0.2, -0.15) is 13.2 Å². The molecule has 0 aromatic carbocycles. The van der Waals surface area contributed by atoms with Crippen molar-refractivity contribution in [1.82, 2.24) is 4.98 Å². The molecule has 7 heteroatoms. The summed E-state index contributed by atoms with van der Waals surface area (Å²) in [6, 6.07) is 0.358. The number of hydrogen-bond donors (Lipinski definition) is 3. The van der Waals surface area contributed by atoms with Crippen LogP contribution in [0.4, 0.5) is 18.9 Å². The normalized spacial score (nSPS) is 11.6. The summed E-state index contributed by atoms with van der Waals surface area (Å²) < 4.78 is 35.9. The van der Waals surface area contributed by atoms with Gasteiger partial charge in [0.25, 0.3) is 5.56 Å². The Kier molecular flexibility index (Phi) is 1.94. The smallest absolute Gasteiger partial charge is 0.431 e. The summed E-state index contributed by atoms with van der Waals surface area (Å²) in [5.74, 6) is -0.879. The van der Waals surface area contributed by atoms with Crippen LogP contribution in [0.5, 0.6) is 5.75 Å². The second kappa shape index (κ2) is 2.68. The molecule has 0 unspecified atom stereocenters. The number of halogens is 3. The standard InChI is InChI=1S/C6H5F3N2O2/c7-6(8,9)3-1-2(12)4(10)5(13)11-3/h1H,10H2,(H2,11,12,13). The molecule has 0 aliphatic heterocycles. The zero-order valence-corrected chi connectivity index (χ0v) is 6.14. The Labute approximate surface area is 69.8 Å². The fourth-order valence-corrected chi connectivity index (χ4v) is 0.709. The molecule has 0 saturated heterocycles. The molecule has 72 valence electrons. The first-order valence-electron chi connectivity index (χ1n) is 3.11. The van der Waals surface area contributed by atoms with Crippen molar-refractivity contribution in [2.24, 2.45) is 0 Å². The molecule has 1 heterocycles.